The monoisotopic (exact) mass is 1550 g/mol. The molecular formula is C87H170O17P2. The molecule has 0 rings (SSSR count). The third-order valence-electron chi connectivity index (χ3n) is 20.4. The third kappa shape index (κ3) is 80.1. The molecule has 0 radical (unpaired) electrons. The number of hydrogen-bond donors (Lipinski definition) is 3. The predicted molar refractivity (Wildman–Crippen MR) is 437 cm³/mol. The van der Waals surface area contributed by atoms with Crippen LogP contribution < -0.4 is 0 Å². The molecule has 17 nitrogen and oxygen atoms in total. The van der Waals surface area contributed by atoms with Crippen LogP contribution in [-0.4, -0.2) is 96.7 Å². The van der Waals surface area contributed by atoms with Crippen molar-refractivity contribution in [1.82, 2.24) is 0 Å². The molecule has 106 heavy (non-hydrogen) atoms. The number of esters is 4. The number of phosphoric acid groups is 2. The molecule has 2 unspecified atom stereocenters. The van der Waals surface area contributed by atoms with E-state index in [1.54, 1.807) is 0 Å². The summed E-state index contributed by atoms with van der Waals surface area (Å²) in [4.78, 5) is 73.3. The van der Waals surface area contributed by atoms with Gasteiger partial charge in [-0.05, 0) is 43.4 Å². The van der Waals surface area contributed by atoms with Gasteiger partial charge in [0.05, 0.1) is 26.4 Å². The normalized spacial score (nSPS) is 13.9. The smallest absolute Gasteiger partial charge is 0.462 e. The summed E-state index contributed by atoms with van der Waals surface area (Å²) in [5.41, 5.74) is 0. The Hall–Kier alpha value is -1.94. The molecule has 630 valence electrons. The highest BCUT2D eigenvalue weighted by molar-refractivity contribution is 7.47. The van der Waals surface area contributed by atoms with Crippen molar-refractivity contribution in [1.29, 1.82) is 0 Å². The lowest BCUT2D eigenvalue weighted by molar-refractivity contribution is -0.161. The Bertz CT molecular complexity index is 2040. The van der Waals surface area contributed by atoms with E-state index in [1.165, 1.54) is 270 Å². The highest BCUT2D eigenvalue weighted by Gasteiger charge is 2.30. The second-order valence-corrected chi connectivity index (χ2v) is 35.6. The van der Waals surface area contributed by atoms with Crippen molar-refractivity contribution in [3.05, 3.63) is 0 Å². The lowest BCUT2D eigenvalue weighted by atomic mass is 10.0. The van der Waals surface area contributed by atoms with Gasteiger partial charge in [0.15, 0.2) is 12.2 Å². The average molecular weight is 1550 g/mol. The van der Waals surface area contributed by atoms with Crippen molar-refractivity contribution in [3.63, 3.8) is 0 Å². The number of aliphatic hydroxyl groups is 1. The fourth-order valence-electron chi connectivity index (χ4n) is 13.5. The van der Waals surface area contributed by atoms with Gasteiger partial charge >= 0.3 is 39.5 Å². The van der Waals surface area contributed by atoms with Gasteiger partial charge < -0.3 is 33.8 Å². The summed E-state index contributed by atoms with van der Waals surface area (Å²) in [6, 6.07) is 0. The molecule has 0 aliphatic rings. The average Bonchev–Trinajstić information content (AvgIpc) is 0.900. The summed E-state index contributed by atoms with van der Waals surface area (Å²) in [5.74, 6) is 0.227. The molecule has 0 aliphatic carbocycles. The van der Waals surface area contributed by atoms with Crippen LogP contribution in [0, 0.1) is 17.8 Å². The Morgan fingerprint density at radius 3 is 0.642 bits per heavy atom. The van der Waals surface area contributed by atoms with E-state index in [0.29, 0.717) is 25.7 Å². The number of hydrogen-bond acceptors (Lipinski definition) is 15. The van der Waals surface area contributed by atoms with Gasteiger partial charge in [0.2, 0.25) is 0 Å². The number of carbonyl (C=O) groups is 4. The SMILES string of the molecule is CCCCCCCCCCCCCCCCCCCCCC(=O)OC[C@H](COP(=O)(O)OC[C@@H](O)COP(=O)(O)OC[C@@H](COC(=O)CCCCCCCCCCCCC(C)C)OC(=O)CCCCCCCCCCCCC(C)C)OC(=O)CCCCCCCCCCCCCCCCCCCCC(C)C. The molecule has 0 amide bonds. The van der Waals surface area contributed by atoms with Crippen molar-refractivity contribution < 1.29 is 80.2 Å². The van der Waals surface area contributed by atoms with Gasteiger partial charge in [-0.15, -0.1) is 0 Å². The highest BCUT2D eigenvalue weighted by Crippen LogP contribution is 2.45. The number of ether oxygens (including phenoxy) is 4. The van der Waals surface area contributed by atoms with Crippen LogP contribution in [0.1, 0.15) is 459 Å². The van der Waals surface area contributed by atoms with Gasteiger partial charge in [0.1, 0.15) is 19.3 Å². The van der Waals surface area contributed by atoms with Crippen molar-refractivity contribution in [3.8, 4) is 0 Å². The second-order valence-electron chi connectivity index (χ2n) is 32.7. The molecule has 0 fully saturated rings. The van der Waals surface area contributed by atoms with Gasteiger partial charge in [0.25, 0.3) is 0 Å². The highest BCUT2D eigenvalue weighted by atomic mass is 31.2. The molecule has 0 saturated carbocycles. The predicted octanol–water partition coefficient (Wildman–Crippen LogP) is 26.5. The number of phosphoric ester groups is 2. The van der Waals surface area contributed by atoms with Gasteiger partial charge in [-0.25, -0.2) is 9.13 Å². The Balaban J connectivity index is 5.24. The van der Waals surface area contributed by atoms with Gasteiger partial charge in [-0.2, -0.15) is 0 Å². The van der Waals surface area contributed by atoms with Crippen LogP contribution in [0.2, 0.25) is 0 Å². The lowest BCUT2D eigenvalue weighted by Gasteiger charge is -2.21. The van der Waals surface area contributed by atoms with E-state index >= 15 is 0 Å². The molecule has 0 aromatic rings. The standard InChI is InChI=1S/C87H170O17P2/c1-8-9-10-11-12-13-14-15-16-17-18-22-25-28-31-40-47-54-61-68-84(89)97-74-82(103-86(91)70-63-56-49-42-32-29-26-23-20-19-21-24-27-30-37-44-51-58-65-78(2)3)76-101-105(93,94)99-72-81(88)73-100-106(95,96)102-77-83(104-87(92)71-64-57-50-43-36-34-39-46-53-60-67-80(6)7)75-98-85(90)69-62-55-48-41-35-33-38-45-52-59-66-79(4)5/h78-83,88H,8-77H2,1-7H3,(H,93,94)(H,95,96)/t81-,82-,83-/m1/s1. The van der Waals surface area contributed by atoms with Crippen molar-refractivity contribution >= 4 is 39.5 Å². The number of carbonyl (C=O) groups excluding carboxylic acids is 4. The summed E-state index contributed by atoms with van der Waals surface area (Å²) < 4.78 is 68.9. The molecule has 0 aromatic heterocycles. The van der Waals surface area contributed by atoms with E-state index in [4.69, 9.17) is 37.0 Å². The molecule has 0 saturated heterocycles. The zero-order chi connectivity index (χ0) is 77.9. The van der Waals surface area contributed by atoms with Gasteiger partial charge in [-0.1, -0.05) is 408 Å². The van der Waals surface area contributed by atoms with Crippen molar-refractivity contribution in [2.45, 2.75) is 478 Å². The minimum absolute atomic E-state index is 0.106. The first-order valence-electron chi connectivity index (χ1n) is 44.8. The molecule has 0 bridgehead atoms. The maximum Gasteiger partial charge on any atom is 0.472 e. The van der Waals surface area contributed by atoms with Crippen LogP contribution in [0.15, 0.2) is 0 Å². The van der Waals surface area contributed by atoms with E-state index in [1.807, 2.05) is 0 Å². The maximum atomic E-state index is 13.2. The first-order valence-corrected chi connectivity index (χ1v) is 47.8. The van der Waals surface area contributed by atoms with Gasteiger partial charge in [0, 0.05) is 25.7 Å². The zero-order valence-corrected chi connectivity index (χ0v) is 71.7. The first-order chi connectivity index (χ1) is 51.2. The van der Waals surface area contributed by atoms with E-state index in [-0.39, 0.29) is 25.7 Å². The Kier molecular flexibility index (Phi) is 75.6. The summed E-state index contributed by atoms with van der Waals surface area (Å²) in [6.07, 6.45) is 68.1. The van der Waals surface area contributed by atoms with Crippen LogP contribution in [0.3, 0.4) is 0 Å². The van der Waals surface area contributed by atoms with Crippen LogP contribution >= 0.6 is 15.6 Å². The molecular weight excluding hydrogens is 1380 g/mol. The van der Waals surface area contributed by atoms with Crippen LogP contribution in [0.4, 0.5) is 0 Å². The summed E-state index contributed by atoms with van der Waals surface area (Å²) >= 11 is 0. The Morgan fingerprint density at radius 2 is 0.434 bits per heavy atom. The van der Waals surface area contributed by atoms with Gasteiger partial charge in [-0.3, -0.25) is 37.3 Å². The summed E-state index contributed by atoms with van der Waals surface area (Å²) in [6.45, 7) is 12.0. The molecule has 0 spiro atoms. The summed E-state index contributed by atoms with van der Waals surface area (Å²) in [5, 5.41) is 10.7. The molecule has 0 aromatic carbocycles. The van der Waals surface area contributed by atoms with Crippen molar-refractivity contribution in [2.75, 3.05) is 39.6 Å². The number of unbranched alkanes of at least 4 members (excludes halogenated alkanes) is 53. The maximum absolute atomic E-state index is 13.2. The molecule has 0 aliphatic heterocycles. The van der Waals surface area contributed by atoms with Crippen LogP contribution in [0.5, 0.6) is 0 Å². The fourth-order valence-corrected chi connectivity index (χ4v) is 15.1. The molecule has 5 atom stereocenters. The lowest BCUT2D eigenvalue weighted by Crippen LogP contribution is -2.30. The van der Waals surface area contributed by atoms with Crippen LogP contribution in [0.25, 0.3) is 0 Å². The largest absolute Gasteiger partial charge is 0.472 e. The minimum Gasteiger partial charge on any atom is -0.462 e. The first kappa shape index (κ1) is 104. The van der Waals surface area contributed by atoms with E-state index in [9.17, 15) is 43.2 Å². The summed E-state index contributed by atoms with van der Waals surface area (Å²) in [7, 11) is -9.93. The quantitative estimate of drug-likeness (QED) is 0.0222. The van der Waals surface area contributed by atoms with E-state index in [0.717, 1.165) is 108 Å². The molecule has 0 heterocycles. The Labute approximate surface area is 651 Å². The van der Waals surface area contributed by atoms with Crippen molar-refractivity contribution in [2.24, 2.45) is 17.8 Å². The topological polar surface area (TPSA) is 237 Å². The fraction of sp³-hybridized carbons (Fsp3) is 0.954. The minimum atomic E-state index is -4.97. The molecule has 3 N–H and O–H groups in total. The number of rotatable bonds is 85. The van der Waals surface area contributed by atoms with Crippen LogP contribution in [-0.2, 0) is 65.4 Å². The third-order valence-corrected chi connectivity index (χ3v) is 22.3. The number of aliphatic hydroxyl groups excluding tert-OH is 1. The Morgan fingerprint density at radius 1 is 0.255 bits per heavy atom. The van der Waals surface area contributed by atoms with E-state index < -0.39 is 97.5 Å². The molecule has 19 heteroatoms. The zero-order valence-electron chi connectivity index (χ0n) is 69.9. The second kappa shape index (κ2) is 77.0. The van der Waals surface area contributed by atoms with E-state index in [2.05, 4.69) is 48.5 Å².